The zero-order chi connectivity index (χ0) is 32.4. The number of piperidine rings is 1. The number of carbonyl (C=O) groups excluding carboxylic acids is 3. The van der Waals surface area contributed by atoms with Crippen molar-refractivity contribution in [3.05, 3.63) is 59.7 Å². The monoisotopic (exact) mass is 611 g/mol. The third kappa shape index (κ3) is 9.61. The van der Waals surface area contributed by atoms with E-state index in [1.807, 2.05) is 65.0 Å². The van der Waals surface area contributed by atoms with Gasteiger partial charge >= 0.3 is 6.09 Å². The van der Waals surface area contributed by atoms with E-state index in [1.165, 1.54) is 0 Å². The van der Waals surface area contributed by atoms with Gasteiger partial charge in [0.25, 0.3) is 5.91 Å². The molecule has 10 nitrogen and oxygen atoms in total. The molecule has 1 aliphatic rings. The van der Waals surface area contributed by atoms with E-state index in [0.717, 1.165) is 5.56 Å². The zero-order valence-corrected chi connectivity index (χ0v) is 27.5. The number of likely N-dealkylation sites (tertiary alicyclic amines) is 1. The van der Waals surface area contributed by atoms with Crippen LogP contribution in [0.4, 0.5) is 4.79 Å². The number of carbonyl (C=O) groups is 3. The van der Waals surface area contributed by atoms with Crippen LogP contribution < -0.4 is 9.47 Å². The molecule has 44 heavy (non-hydrogen) atoms. The van der Waals surface area contributed by atoms with Crippen LogP contribution in [-0.2, 0) is 20.8 Å². The van der Waals surface area contributed by atoms with Gasteiger partial charge in [-0.2, -0.15) is 0 Å². The molecule has 0 aliphatic carbocycles. The fourth-order valence-electron chi connectivity index (χ4n) is 5.45. The van der Waals surface area contributed by atoms with Gasteiger partial charge in [0, 0.05) is 58.4 Å². The van der Waals surface area contributed by atoms with Crippen molar-refractivity contribution in [3.8, 4) is 11.5 Å². The Balaban J connectivity index is 1.90. The molecule has 242 valence electrons. The van der Waals surface area contributed by atoms with Crippen LogP contribution in [0.2, 0.25) is 0 Å². The highest BCUT2D eigenvalue weighted by atomic mass is 16.6. The fraction of sp³-hybridized carbons (Fsp3) is 0.559. The minimum absolute atomic E-state index is 0.0838. The van der Waals surface area contributed by atoms with Crippen molar-refractivity contribution in [2.45, 2.75) is 71.7 Å². The topological polar surface area (TPSA) is 97.9 Å². The average Bonchev–Trinajstić information content (AvgIpc) is 2.98. The summed E-state index contributed by atoms with van der Waals surface area (Å²) in [5.41, 5.74) is 0.738. The standard InChI is InChI=1S/C34H49N3O7/c1-24(2)37(32(39)26-15-16-29(42-8)30(20-26)43-18-12-17-41-7)28-19-27(22-36(23-28)33(40)44-34(3,4)5)31(38)35(6)21-25-13-10-9-11-14-25/h9-11,13-16,20,24,27-28H,12,17-19,21-23H2,1-8H3. The number of rotatable bonds is 12. The first kappa shape index (κ1) is 34.7. The van der Waals surface area contributed by atoms with E-state index in [-0.39, 0.29) is 30.9 Å². The highest BCUT2D eigenvalue weighted by Crippen LogP contribution is 2.31. The first-order valence-electron chi connectivity index (χ1n) is 15.2. The molecular formula is C34H49N3O7. The first-order valence-corrected chi connectivity index (χ1v) is 15.2. The molecule has 2 aromatic carbocycles. The molecule has 10 heteroatoms. The van der Waals surface area contributed by atoms with Gasteiger partial charge in [0.15, 0.2) is 11.5 Å². The Morgan fingerprint density at radius 3 is 2.30 bits per heavy atom. The predicted octanol–water partition coefficient (Wildman–Crippen LogP) is 5.25. The number of nitrogens with zero attached hydrogens (tertiary/aromatic N) is 3. The van der Waals surface area contributed by atoms with Gasteiger partial charge in [0.05, 0.1) is 25.7 Å². The molecule has 2 atom stereocenters. The van der Waals surface area contributed by atoms with Crippen molar-refractivity contribution >= 4 is 17.9 Å². The van der Waals surface area contributed by atoms with Crippen molar-refractivity contribution in [1.82, 2.24) is 14.7 Å². The van der Waals surface area contributed by atoms with Gasteiger partial charge in [-0.1, -0.05) is 30.3 Å². The molecular weight excluding hydrogens is 562 g/mol. The molecule has 3 rings (SSSR count). The second-order valence-corrected chi connectivity index (χ2v) is 12.5. The molecule has 0 radical (unpaired) electrons. The van der Waals surface area contributed by atoms with Crippen molar-refractivity contribution in [2.24, 2.45) is 5.92 Å². The van der Waals surface area contributed by atoms with Crippen molar-refractivity contribution in [1.29, 1.82) is 0 Å². The van der Waals surface area contributed by atoms with E-state index < -0.39 is 23.7 Å². The molecule has 0 spiro atoms. The third-order valence-corrected chi connectivity index (χ3v) is 7.41. The number of ether oxygens (including phenoxy) is 4. The van der Waals surface area contributed by atoms with Gasteiger partial charge in [-0.25, -0.2) is 4.79 Å². The van der Waals surface area contributed by atoms with E-state index in [0.29, 0.717) is 49.7 Å². The summed E-state index contributed by atoms with van der Waals surface area (Å²) in [7, 11) is 4.96. The second-order valence-electron chi connectivity index (χ2n) is 12.5. The van der Waals surface area contributed by atoms with E-state index in [4.69, 9.17) is 18.9 Å². The molecule has 0 saturated carbocycles. The lowest BCUT2D eigenvalue weighted by atomic mass is 9.90. The first-order chi connectivity index (χ1) is 20.8. The Kier molecular flexibility index (Phi) is 12.5. The summed E-state index contributed by atoms with van der Waals surface area (Å²) in [6.45, 7) is 11.2. The normalized spacial score (nSPS) is 16.8. The maximum absolute atomic E-state index is 14.2. The Bertz CT molecular complexity index is 1250. The summed E-state index contributed by atoms with van der Waals surface area (Å²) in [6.07, 6.45) is 0.600. The average molecular weight is 612 g/mol. The van der Waals surface area contributed by atoms with Crippen molar-refractivity contribution in [2.75, 3.05) is 47.6 Å². The van der Waals surface area contributed by atoms with Gasteiger partial charge in [0.2, 0.25) is 5.91 Å². The zero-order valence-electron chi connectivity index (χ0n) is 27.5. The van der Waals surface area contributed by atoms with E-state index in [1.54, 1.807) is 54.2 Å². The quantitative estimate of drug-likeness (QED) is 0.303. The molecule has 0 N–H and O–H groups in total. The number of benzene rings is 2. The van der Waals surface area contributed by atoms with Gasteiger partial charge in [-0.15, -0.1) is 0 Å². The van der Waals surface area contributed by atoms with E-state index >= 15 is 0 Å². The number of hydrogen-bond acceptors (Lipinski definition) is 7. The minimum atomic E-state index is -0.704. The van der Waals surface area contributed by atoms with Crippen molar-refractivity contribution in [3.63, 3.8) is 0 Å². The molecule has 1 heterocycles. The van der Waals surface area contributed by atoms with Gasteiger partial charge < -0.3 is 33.6 Å². The molecule has 0 aromatic heterocycles. The van der Waals surface area contributed by atoms with Gasteiger partial charge in [-0.3, -0.25) is 9.59 Å². The van der Waals surface area contributed by atoms with Crippen LogP contribution >= 0.6 is 0 Å². The molecule has 3 amide bonds. The number of hydrogen-bond donors (Lipinski definition) is 0. The van der Waals surface area contributed by atoms with Crippen LogP contribution in [0.15, 0.2) is 48.5 Å². The lowest BCUT2D eigenvalue weighted by Crippen LogP contribution is -2.58. The summed E-state index contributed by atoms with van der Waals surface area (Å²) >= 11 is 0. The lowest BCUT2D eigenvalue weighted by molar-refractivity contribution is -0.137. The van der Waals surface area contributed by atoms with Crippen LogP contribution in [0, 0.1) is 5.92 Å². The maximum Gasteiger partial charge on any atom is 0.410 e. The third-order valence-electron chi connectivity index (χ3n) is 7.41. The van der Waals surface area contributed by atoms with Crippen LogP contribution in [0.5, 0.6) is 11.5 Å². The largest absolute Gasteiger partial charge is 0.493 e. The second kappa shape index (κ2) is 15.8. The smallest absolute Gasteiger partial charge is 0.410 e. The summed E-state index contributed by atoms with van der Waals surface area (Å²) in [5, 5.41) is 0. The number of methoxy groups -OCH3 is 2. The van der Waals surface area contributed by atoms with E-state index in [9.17, 15) is 14.4 Å². The van der Waals surface area contributed by atoms with Crippen LogP contribution in [-0.4, -0.2) is 97.9 Å². The molecule has 1 fully saturated rings. The molecule has 1 aliphatic heterocycles. The minimum Gasteiger partial charge on any atom is -0.493 e. The van der Waals surface area contributed by atoms with Crippen LogP contribution in [0.3, 0.4) is 0 Å². The SMILES string of the molecule is COCCCOc1cc(C(=O)N(C(C)C)C2CC(C(=O)N(C)Cc3ccccc3)CN(C(=O)OC(C)(C)C)C2)ccc1OC. The molecule has 0 bridgehead atoms. The fourth-order valence-corrected chi connectivity index (χ4v) is 5.45. The molecule has 1 saturated heterocycles. The predicted molar refractivity (Wildman–Crippen MR) is 169 cm³/mol. The lowest BCUT2D eigenvalue weighted by Gasteiger charge is -2.44. The van der Waals surface area contributed by atoms with Crippen LogP contribution in [0.25, 0.3) is 0 Å². The summed E-state index contributed by atoms with van der Waals surface area (Å²) in [4.78, 5) is 46.3. The Hall–Kier alpha value is -3.79. The summed E-state index contributed by atoms with van der Waals surface area (Å²) in [5.74, 6) is 0.173. The van der Waals surface area contributed by atoms with Crippen molar-refractivity contribution < 1.29 is 33.3 Å². The van der Waals surface area contributed by atoms with E-state index in [2.05, 4.69) is 0 Å². The van der Waals surface area contributed by atoms with Gasteiger partial charge in [0.1, 0.15) is 5.60 Å². The summed E-state index contributed by atoms with van der Waals surface area (Å²) in [6, 6.07) is 14.3. The molecule has 2 aromatic rings. The molecule has 2 unspecified atom stereocenters. The van der Waals surface area contributed by atoms with Crippen LogP contribution in [0.1, 0.15) is 63.4 Å². The Morgan fingerprint density at radius 2 is 1.68 bits per heavy atom. The summed E-state index contributed by atoms with van der Waals surface area (Å²) < 4.78 is 22.2. The van der Waals surface area contributed by atoms with Gasteiger partial charge in [-0.05, 0) is 64.8 Å². The highest BCUT2D eigenvalue weighted by Gasteiger charge is 2.41. The maximum atomic E-state index is 14.2. The Labute approximate surface area is 262 Å². The Morgan fingerprint density at radius 1 is 0.977 bits per heavy atom. The highest BCUT2D eigenvalue weighted by molar-refractivity contribution is 5.95. The number of amides is 3.